The van der Waals surface area contributed by atoms with Crippen molar-refractivity contribution >= 4 is 18.0 Å². The number of ether oxygens (including phenoxy) is 3. The van der Waals surface area contributed by atoms with E-state index in [4.69, 9.17) is 14.2 Å². The van der Waals surface area contributed by atoms with Gasteiger partial charge in [0.05, 0.1) is 0 Å². The molecule has 0 aliphatic rings. The zero-order chi connectivity index (χ0) is 38.2. The van der Waals surface area contributed by atoms with E-state index in [0.717, 1.165) is 51.4 Å². The molecule has 0 heterocycles. The molecule has 0 spiro atoms. The highest BCUT2D eigenvalue weighted by Gasteiger charge is 2.18. The third-order valence-electron chi connectivity index (χ3n) is 9.27. The quantitative estimate of drug-likeness (QED) is 0.0292. The van der Waals surface area contributed by atoms with Gasteiger partial charge in [-0.25, -0.2) is 4.79 Å². The Bertz CT molecular complexity index is 819. The molecular formula is C44H82N2O6. The molecule has 0 fully saturated rings. The van der Waals surface area contributed by atoms with Crippen LogP contribution in [0, 0.1) is 0 Å². The number of alkyl carbamates (subject to hydrolysis) is 1. The summed E-state index contributed by atoms with van der Waals surface area (Å²) in [7, 11) is 3.80. The minimum Gasteiger partial charge on any atom is -0.463 e. The Kier molecular flexibility index (Phi) is 38.0. The van der Waals surface area contributed by atoms with Crippen LogP contribution in [-0.4, -0.2) is 69.4 Å². The molecule has 0 atom stereocenters. The lowest BCUT2D eigenvalue weighted by molar-refractivity contribution is -0.147. The molecule has 0 rings (SSSR count). The zero-order valence-electron chi connectivity index (χ0n) is 34.4. The smallest absolute Gasteiger partial charge is 0.407 e. The topological polar surface area (TPSA) is 94.2 Å². The summed E-state index contributed by atoms with van der Waals surface area (Å²) in [5.74, 6) is -0.602. The first kappa shape index (κ1) is 49.6. The largest absolute Gasteiger partial charge is 0.463 e. The molecule has 0 aromatic heterocycles. The number of unbranched alkanes of at least 4 members (excludes halogenated alkanes) is 22. The van der Waals surface area contributed by atoms with Crippen LogP contribution >= 0.6 is 0 Å². The van der Waals surface area contributed by atoms with Crippen molar-refractivity contribution in [2.75, 3.05) is 40.5 Å². The second-order valence-corrected chi connectivity index (χ2v) is 14.8. The van der Waals surface area contributed by atoms with E-state index in [1.807, 2.05) is 19.0 Å². The summed E-state index contributed by atoms with van der Waals surface area (Å²) in [6.45, 7) is 5.21. The summed E-state index contributed by atoms with van der Waals surface area (Å²) in [5.41, 5.74) is 0. The molecule has 0 aliphatic heterocycles. The number of hydrogen-bond donors (Lipinski definition) is 1. The van der Waals surface area contributed by atoms with Gasteiger partial charge in [-0.3, -0.25) is 9.59 Å². The lowest BCUT2D eigenvalue weighted by Gasteiger charge is -2.19. The van der Waals surface area contributed by atoms with Crippen molar-refractivity contribution in [3.05, 3.63) is 24.3 Å². The van der Waals surface area contributed by atoms with Crippen molar-refractivity contribution in [2.24, 2.45) is 0 Å². The molecule has 0 saturated carbocycles. The van der Waals surface area contributed by atoms with E-state index in [1.54, 1.807) is 0 Å². The first-order valence-electron chi connectivity index (χ1n) is 21.6. The van der Waals surface area contributed by atoms with E-state index in [2.05, 4.69) is 43.5 Å². The molecule has 1 amide bonds. The molecular weight excluding hydrogens is 652 g/mol. The van der Waals surface area contributed by atoms with Crippen LogP contribution in [0.3, 0.4) is 0 Å². The highest BCUT2D eigenvalue weighted by molar-refractivity contribution is 5.70. The molecule has 304 valence electrons. The summed E-state index contributed by atoms with van der Waals surface area (Å²) in [6, 6.07) is -0.664. The number of carbonyl (C=O) groups is 3. The van der Waals surface area contributed by atoms with Crippen LogP contribution in [0.15, 0.2) is 24.3 Å². The Balaban J connectivity index is 4.15. The first-order valence-corrected chi connectivity index (χ1v) is 21.6. The summed E-state index contributed by atoms with van der Waals surface area (Å²) >= 11 is 0. The lowest BCUT2D eigenvalue weighted by Crippen LogP contribution is -2.43. The summed E-state index contributed by atoms with van der Waals surface area (Å²) in [5, 5.41) is 2.70. The second-order valence-electron chi connectivity index (χ2n) is 14.8. The van der Waals surface area contributed by atoms with Crippen molar-refractivity contribution in [2.45, 2.75) is 200 Å². The van der Waals surface area contributed by atoms with Gasteiger partial charge in [0.2, 0.25) is 0 Å². The third kappa shape index (κ3) is 38.9. The average Bonchev–Trinajstić information content (AvgIpc) is 3.12. The predicted molar refractivity (Wildman–Crippen MR) is 218 cm³/mol. The van der Waals surface area contributed by atoms with Crippen molar-refractivity contribution in [1.82, 2.24) is 10.2 Å². The Hall–Kier alpha value is -2.35. The Morgan fingerprint density at radius 1 is 0.500 bits per heavy atom. The van der Waals surface area contributed by atoms with Crippen LogP contribution in [0.5, 0.6) is 0 Å². The van der Waals surface area contributed by atoms with Gasteiger partial charge in [-0.05, 0) is 78.3 Å². The first-order chi connectivity index (χ1) is 25.4. The van der Waals surface area contributed by atoms with Crippen molar-refractivity contribution in [3.8, 4) is 0 Å². The van der Waals surface area contributed by atoms with E-state index in [-0.39, 0.29) is 31.8 Å². The fraction of sp³-hybridized carbons (Fsp3) is 0.841. The predicted octanol–water partition coefficient (Wildman–Crippen LogP) is 11.8. The Morgan fingerprint density at radius 3 is 1.21 bits per heavy atom. The SMILES string of the molecule is CCCCCCCC/C=C\CCCCCCCC(=O)OCC(COC(=O)CCCCCCC/C=C\CCCCCCCC)NC(=O)OCCN(C)C. The van der Waals surface area contributed by atoms with Gasteiger partial charge >= 0.3 is 18.0 Å². The number of likely N-dealkylation sites (N-methyl/N-ethyl adjacent to an activating group) is 1. The summed E-state index contributed by atoms with van der Waals surface area (Å²) in [6.07, 6.45) is 40.6. The molecule has 0 saturated heterocycles. The van der Waals surface area contributed by atoms with Crippen LogP contribution in [0.1, 0.15) is 194 Å². The molecule has 0 bridgehead atoms. The molecule has 8 nitrogen and oxygen atoms in total. The Morgan fingerprint density at radius 2 is 0.846 bits per heavy atom. The van der Waals surface area contributed by atoms with Gasteiger partial charge in [-0.1, -0.05) is 141 Å². The lowest BCUT2D eigenvalue weighted by atomic mass is 10.1. The summed E-state index contributed by atoms with van der Waals surface area (Å²) in [4.78, 5) is 39.1. The van der Waals surface area contributed by atoms with Crippen LogP contribution in [0.2, 0.25) is 0 Å². The molecule has 0 radical (unpaired) electrons. The van der Waals surface area contributed by atoms with Crippen LogP contribution in [0.25, 0.3) is 0 Å². The van der Waals surface area contributed by atoms with Crippen molar-refractivity contribution < 1.29 is 28.6 Å². The van der Waals surface area contributed by atoms with Crippen molar-refractivity contribution in [1.29, 1.82) is 0 Å². The van der Waals surface area contributed by atoms with Gasteiger partial charge in [0.1, 0.15) is 25.9 Å². The minimum absolute atomic E-state index is 0.0621. The summed E-state index contributed by atoms with van der Waals surface area (Å²) < 4.78 is 16.2. The molecule has 0 aromatic carbocycles. The van der Waals surface area contributed by atoms with Crippen LogP contribution < -0.4 is 5.32 Å². The third-order valence-corrected chi connectivity index (χ3v) is 9.27. The maximum Gasteiger partial charge on any atom is 0.407 e. The highest BCUT2D eigenvalue weighted by Crippen LogP contribution is 2.12. The average molecular weight is 735 g/mol. The van der Waals surface area contributed by atoms with Crippen LogP contribution in [-0.2, 0) is 23.8 Å². The second kappa shape index (κ2) is 39.8. The number of carbonyl (C=O) groups excluding carboxylic acids is 3. The number of rotatable bonds is 38. The number of esters is 2. The molecule has 0 aliphatic carbocycles. The molecule has 0 aromatic rings. The molecule has 52 heavy (non-hydrogen) atoms. The van der Waals surface area contributed by atoms with Gasteiger partial charge in [-0.2, -0.15) is 0 Å². The maximum absolute atomic E-state index is 12.4. The van der Waals surface area contributed by atoms with E-state index in [1.165, 1.54) is 116 Å². The number of allylic oxidation sites excluding steroid dienone is 4. The molecule has 1 N–H and O–H groups in total. The number of hydrogen-bond acceptors (Lipinski definition) is 7. The van der Waals surface area contributed by atoms with Gasteiger partial charge in [0.25, 0.3) is 0 Å². The van der Waals surface area contributed by atoms with Gasteiger partial charge in [0, 0.05) is 19.4 Å². The monoisotopic (exact) mass is 735 g/mol. The number of nitrogens with one attached hydrogen (secondary N) is 1. The van der Waals surface area contributed by atoms with E-state index < -0.39 is 12.1 Å². The number of nitrogens with zero attached hydrogens (tertiary/aromatic N) is 1. The Labute approximate surface area is 320 Å². The van der Waals surface area contributed by atoms with E-state index >= 15 is 0 Å². The maximum atomic E-state index is 12.4. The van der Waals surface area contributed by atoms with Crippen LogP contribution in [0.4, 0.5) is 4.79 Å². The van der Waals surface area contributed by atoms with Gasteiger partial charge in [0.15, 0.2) is 0 Å². The zero-order valence-corrected chi connectivity index (χ0v) is 34.4. The molecule has 0 unspecified atom stereocenters. The van der Waals surface area contributed by atoms with Gasteiger partial charge in [-0.15, -0.1) is 0 Å². The fourth-order valence-corrected chi connectivity index (χ4v) is 5.87. The highest BCUT2D eigenvalue weighted by atomic mass is 16.6. The molecule has 8 heteroatoms. The normalized spacial score (nSPS) is 11.7. The number of amides is 1. The standard InChI is InChI=1S/C44H82N2O6/c1-5-7-9-11-13-15-17-19-21-23-25-27-29-31-33-35-42(47)51-39-41(45-44(49)50-38-37-46(3)4)40-52-43(48)36-34-32-30-28-26-24-22-20-18-16-14-12-10-8-6-2/h19-22,41H,5-18,23-40H2,1-4H3,(H,45,49)/b21-19-,22-20-. The van der Waals surface area contributed by atoms with Gasteiger partial charge < -0.3 is 24.4 Å². The minimum atomic E-state index is -0.664. The fourth-order valence-electron chi connectivity index (χ4n) is 5.87. The van der Waals surface area contributed by atoms with E-state index in [9.17, 15) is 14.4 Å². The van der Waals surface area contributed by atoms with E-state index in [0.29, 0.717) is 19.4 Å². The van der Waals surface area contributed by atoms with Crippen molar-refractivity contribution in [3.63, 3.8) is 0 Å².